The maximum atomic E-state index is 12.0. The Kier molecular flexibility index (Phi) is 6.40. The van der Waals surface area contributed by atoms with Crippen LogP contribution < -0.4 is 15.5 Å². The molecule has 0 aromatic heterocycles. The molecule has 2 N–H and O–H groups in total. The average molecular weight is 372 g/mol. The number of carbonyl (C=O) groups is 1. The average Bonchev–Trinajstić information content (AvgIpc) is 2.67. The number of anilines is 2. The van der Waals surface area contributed by atoms with Crippen LogP contribution in [0.1, 0.15) is 25.3 Å². The molecule has 2 aromatic rings. The quantitative estimate of drug-likeness (QED) is 0.795. The van der Waals surface area contributed by atoms with Gasteiger partial charge in [-0.05, 0) is 54.7 Å². The zero-order valence-corrected chi connectivity index (χ0v) is 15.9. The molecule has 1 heterocycles. The predicted octanol–water partition coefficient (Wildman–Crippen LogP) is 4.30. The van der Waals surface area contributed by atoms with Crippen molar-refractivity contribution in [3.63, 3.8) is 0 Å². The van der Waals surface area contributed by atoms with Crippen molar-refractivity contribution in [2.75, 3.05) is 29.9 Å². The highest BCUT2D eigenvalue weighted by Gasteiger charge is 2.15. The molecule has 0 radical (unpaired) electrons. The van der Waals surface area contributed by atoms with E-state index in [-0.39, 0.29) is 12.5 Å². The minimum absolute atomic E-state index is 0.0565. The summed E-state index contributed by atoms with van der Waals surface area (Å²) in [6, 6.07) is 15.9. The Morgan fingerprint density at radius 2 is 1.81 bits per heavy atom. The second kappa shape index (κ2) is 8.95. The number of benzene rings is 2. The summed E-state index contributed by atoms with van der Waals surface area (Å²) in [6.07, 6.45) is 2.51. The highest BCUT2D eigenvalue weighted by molar-refractivity contribution is 6.31. The molecule has 1 fully saturated rings. The normalized spacial score (nSPS) is 14.9. The van der Waals surface area contributed by atoms with E-state index in [4.69, 9.17) is 11.6 Å². The van der Waals surface area contributed by atoms with E-state index < -0.39 is 0 Å². The van der Waals surface area contributed by atoms with Gasteiger partial charge in [0.25, 0.3) is 0 Å². The van der Waals surface area contributed by atoms with Crippen molar-refractivity contribution in [2.24, 2.45) is 5.92 Å². The van der Waals surface area contributed by atoms with E-state index in [2.05, 4.69) is 34.6 Å². The number of rotatable bonds is 6. The zero-order valence-electron chi connectivity index (χ0n) is 15.2. The number of amides is 1. The lowest BCUT2D eigenvalue weighted by Gasteiger charge is -2.32. The van der Waals surface area contributed by atoms with E-state index in [0.717, 1.165) is 30.3 Å². The molecule has 0 bridgehead atoms. The fourth-order valence-electron chi connectivity index (χ4n) is 3.14. The molecule has 3 rings (SSSR count). The van der Waals surface area contributed by atoms with Gasteiger partial charge in [-0.2, -0.15) is 0 Å². The first-order valence-corrected chi connectivity index (χ1v) is 9.58. The largest absolute Gasteiger partial charge is 0.376 e. The topological polar surface area (TPSA) is 44.4 Å². The molecule has 0 unspecified atom stereocenters. The minimum atomic E-state index is -0.0565. The third-order valence-corrected chi connectivity index (χ3v) is 5.27. The lowest BCUT2D eigenvalue weighted by Crippen LogP contribution is -2.32. The molecule has 2 aromatic carbocycles. The molecule has 1 aliphatic rings. The lowest BCUT2D eigenvalue weighted by atomic mass is 9.99. The first kappa shape index (κ1) is 18.6. The highest BCUT2D eigenvalue weighted by atomic mass is 35.5. The molecule has 0 spiro atoms. The van der Waals surface area contributed by atoms with Crippen LogP contribution >= 0.6 is 11.6 Å². The SMILES string of the molecule is CC1CCN(c2ccc(NCC(=O)NCc3ccccc3Cl)cc2)CC1. The van der Waals surface area contributed by atoms with Crippen molar-refractivity contribution in [1.29, 1.82) is 0 Å². The van der Waals surface area contributed by atoms with Crippen LogP contribution in [0.2, 0.25) is 5.02 Å². The summed E-state index contributed by atoms with van der Waals surface area (Å²) in [6.45, 7) is 5.25. The lowest BCUT2D eigenvalue weighted by molar-refractivity contribution is -0.119. The van der Waals surface area contributed by atoms with Gasteiger partial charge in [-0.1, -0.05) is 36.7 Å². The molecule has 138 valence electrons. The van der Waals surface area contributed by atoms with Crippen molar-refractivity contribution in [3.8, 4) is 0 Å². The summed E-state index contributed by atoms with van der Waals surface area (Å²) in [7, 11) is 0. The third-order valence-electron chi connectivity index (χ3n) is 4.90. The smallest absolute Gasteiger partial charge is 0.239 e. The molecule has 0 aliphatic carbocycles. The fraction of sp³-hybridized carbons (Fsp3) is 0.381. The van der Waals surface area contributed by atoms with Crippen LogP contribution in [-0.4, -0.2) is 25.5 Å². The van der Waals surface area contributed by atoms with Crippen LogP contribution in [0.4, 0.5) is 11.4 Å². The van der Waals surface area contributed by atoms with Crippen LogP contribution in [0.3, 0.4) is 0 Å². The van der Waals surface area contributed by atoms with Crippen LogP contribution in [0.5, 0.6) is 0 Å². The summed E-state index contributed by atoms with van der Waals surface area (Å²) in [4.78, 5) is 14.5. The van der Waals surface area contributed by atoms with E-state index in [9.17, 15) is 4.79 Å². The first-order chi connectivity index (χ1) is 12.6. The van der Waals surface area contributed by atoms with E-state index in [1.54, 1.807) is 0 Å². The second-order valence-electron chi connectivity index (χ2n) is 6.94. The molecule has 1 amide bonds. The van der Waals surface area contributed by atoms with Gasteiger partial charge in [0.15, 0.2) is 0 Å². The number of hydrogen-bond donors (Lipinski definition) is 2. The van der Waals surface area contributed by atoms with E-state index in [1.807, 2.05) is 36.4 Å². The van der Waals surface area contributed by atoms with Crippen molar-refractivity contribution in [3.05, 3.63) is 59.1 Å². The summed E-state index contributed by atoms with van der Waals surface area (Å²) in [5, 5.41) is 6.72. The Morgan fingerprint density at radius 1 is 1.12 bits per heavy atom. The van der Waals surface area contributed by atoms with Crippen molar-refractivity contribution in [2.45, 2.75) is 26.3 Å². The summed E-state index contributed by atoms with van der Waals surface area (Å²) in [5.41, 5.74) is 3.13. The fourth-order valence-corrected chi connectivity index (χ4v) is 3.34. The number of nitrogens with zero attached hydrogens (tertiary/aromatic N) is 1. The van der Waals surface area contributed by atoms with Crippen LogP contribution in [0.25, 0.3) is 0 Å². The second-order valence-corrected chi connectivity index (χ2v) is 7.35. The number of nitrogens with one attached hydrogen (secondary N) is 2. The zero-order chi connectivity index (χ0) is 18.4. The monoisotopic (exact) mass is 371 g/mol. The van der Waals surface area contributed by atoms with Gasteiger partial charge in [0.2, 0.25) is 5.91 Å². The molecular formula is C21H26ClN3O. The van der Waals surface area contributed by atoms with Crippen LogP contribution in [0, 0.1) is 5.92 Å². The standard InChI is InChI=1S/C21H26ClN3O/c1-16-10-12-25(13-11-16)19-8-6-18(7-9-19)23-15-21(26)24-14-17-4-2-3-5-20(17)22/h2-9,16,23H,10-15H2,1H3,(H,24,26). The number of hydrogen-bond acceptors (Lipinski definition) is 3. The number of piperidine rings is 1. The maximum absolute atomic E-state index is 12.0. The first-order valence-electron chi connectivity index (χ1n) is 9.21. The van der Waals surface area contributed by atoms with E-state index in [1.165, 1.54) is 18.5 Å². The molecule has 26 heavy (non-hydrogen) atoms. The summed E-state index contributed by atoms with van der Waals surface area (Å²) < 4.78 is 0. The van der Waals surface area contributed by atoms with Gasteiger partial charge in [0, 0.05) is 36.0 Å². The minimum Gasteiger partial charge on any atom is -0.376 e. The Morgan fingerprint density at radius 3 is 2.50 bits per heavy atom. The number of halogens is 1. The highest BCUT2D eigenvalue weighted by Crippen LogP contribution is 2.24. The molecule has 0 saturated carbocycles. The van der Waals surface area contributed by atoms with Gasteiger partial charge < -0.3 is 15.5 Å². The van der Waals surface area contributed by atoms with Gasteiger partial charge in [0.1, 0.15) is 0 Å². The van der Waals surface area contributed by atoms with Crippen molar-refractivity contribution in [1.82, 2.24) is 5.32 Å². The van der Waals surface area contributed by atoms with Crippen LogP contribution in [0.15, 0.2) is 48.5 Å². The number of carbonyl (C=O) groups excluding carboxylic acids is 1. The van der Waals surface area contributed by atoms with Gasteiger partial charge in [-0.3, -0.25) is 4.79 Å². The van der Waals surface area contributed by atoms with E-state index in [0.29, 0.717) is 11.6 Å². The Balaban J connectivity index is 1.44. The van der Waals surface area contributed by atoms with Crippen molar-refractivity contribution < 1.29 is 4.79 Å². The third kappa shape index (κ3) is 5.15. The Hall–Kier alpha value is -2.20. The van der Waals surface area contributed by atoms with Gasteiger partial charge in [-0.25, -0.2) is 0 Å². The maximum Gasteiger partial charge on any atom is 0.239 e. The van der Waals surface area contributed by atoms with Crippen LogP contribution in [-0.2, 0) is 11.3 Å². The molecule has 1 aliphatic heterocycles. The molecule has 4 nitrogen and oxygen atoms in total. The Bertz CT molecular complexity index is 724. The van der Waals surface area contributed by atoms with Gasteiger partial charge >= 0.3 is 0 Å². The molecule has 0 atom stereocenters. The molecule has 1 saturated heterocycles. The summed E-state index contributed by atoms with van der Waals surface area (Å²) >= 11 is 6.10. The Labute approximate surface area is 160 Å². The van der Waals surface area contributed by atoms with E-state index >= 15 is 0 Å². The molecular weight excluding hydrogens is 346 g/mol. The summed E-state index contributed by atoms with van der Waals surface area (Å²) in [5.74, 6) is 0.774. The van der Waals surface area contributed by atoms with Gasteiger partial charge in [0.05, 0.1) is 6.54 Å². The predicted molar refractivity (Wildman–Crippen MR) is 109 cm³/mol. The van der Waals surface area contributed by atoms with Crippen molar-refractivity contribution >= 4 is 28.9 Å². The van der Waals surface area contributed by atoms with Gasteiger partial charge in [-0.15, -0.1) is 0 Å². The molecule has 5 heteroatoms.